The van der Waals surface area contributed by atoms with E-state index in [1.807, 2.05) is 0 Å². The monoisotopic (exact) mass is 211 g/mol. The maximum absolute atomic E-state index is 13.0. The number of hydrogen-bond acceptors (Lipinski definition) is 0. The minimum atomic E-state index is -2.22. The lowest BCUT2D eigenvalue weighted by Crippen LogP contribution is -2.44. The third-order valence-corrected chi connectivity index (χ3v) is 1.78. The highest BCUT2D eigenvalue weighted by Gasteiger charge is 2.27. The van der Waals surface area contributed by atoms with Gasteiger partial charge in [0.2, 0.25) is 0 Å². The Bertz CT molecular complexity index is 367. The van der Waals surface area contributed by atoms with E-state index < -0.39 is 41.0 Å². The smallest absolute Gasteiger partial charge is 0.200 e. The van der Waals surface area contributed by atoms with E-state index in [9.17, 15) is 22.0 Å². The van der Waals surface area contributed by atoms with Crippen LogP contribution in [-0.4, -0.2) is 29.0 Å². The predicted molar refractivity (Wildman–Crippen MR) is 48.9 cm³/mol. The zero-order valence-corrected chi connectivity index (χ0v) is 7.20. The summed E-state index contributed by atoms with van der Waals surface area (Å²) in [5.74, 6) is -10.2. The molecule has 0 aliphatic rings. The molecule has 5 radical (unpaired) electrons. The van der Waals surface area contributed by atoms with Crippen molar-refractivity contribution in [1.82, 2.24) is 0 Å². The second-order valence-corrected chi connectivity index (χ2v) is 2.70. The van der Waals surface area contributed by atoms with Gasteiger partial charge in [-0.1, -0.05) is 0 Å². The van der Waals surface area contributed by atoms with E-state index in [0.29, 0.717) is 7.06 Å². The van der Waals surface area contributed by atoms with Crippen molar-refractivity contribution in [2.45, 2.75) is 0 Å². The molecule has 9 heteroatoms. The van der Waals surface area contributed by atoms with Gasteiger partial charge < -0.3 is 0 Å². The molecule has 71 valence electrons. The van der Waals surface area contributed by atoms with Gasteiger partial charge in [0.15, 0.2) is 29.1 Å². The topological polar surface area (TPSA) is 0 Å². The Labute approximate surface area is 86.3 Å². The molecule has 0 aliphatic heterocycles. The van der Waals surface area contributed by atoms with Crippen LogP contribution in [0, 0.1) is 29.1 Å². The molecule has 0 spiro atoms. The van der Waals surface area contributed by atoms with Gasteiger partial charge in [-0.15, -0.1) is 0 Å². The molecule has 0 atom stereocenters. The number of benzene rings is 1. The van der Waals surface area contributed by atoms with E-state index in [-0.39, 0.29) is 0 Å². The summed E-state index contributed by atoms with van der Waals surface area (Å²) in [4.78, 5) is 0. The van der Waals surface area contributed by atoms with Crippen LogP contribution in [0.2, 0.25) is 0 Å². The van der Waals surface area contributed by atoms with Crippen LogP contribution in [0.4, 0.5) is 22.0 Å². The molecule has 0 bridgehead atoms. The second-order valence-electron chi connectivity index (χ2n) is 2.70. The second kappa shape index (κ2) is 4.33. The standard InChI is InChI=1S/C6B4F5/c7-9-10(8)1-2(11)4(13)6(15)5(14)3(1)12. The molecular formula is C6B4F5. The molecule has 0 nitrogen and oxygen atoms in total. The van der Waals surface area contributed by atoms with Crippen LogP contribution in [0.15, 0.2) is 0 Å². The fourth-order valence-electron chi connectivity index (χ4n) is 1.01. The molecule has 15 heavy (non-hydrogen) atoms. The SMILES string of the molecule is [B][B]B([B])c1c(F)c(F)c(F)c(F)c1F. The Hall–Kier alpha value is -0.870. The molecule has 0 unspecified atom stereocenters. The maximum atomic E-state index is 13.0. The van der Waals surface area contributed by atoms with Gasteiger partial charge in [-0.05, 0) is 5.46 Å². The van der Waals surface area contributed by atoms with Crippen LogP contribution >= 0.6 is 0 Å². The molecule has 1 aromatic carbocycles. The zero-order chi connectivity index (χ0) is 11.7. The molecule has 0 saturated carbocycles. The van der Waals surface area contributed by atoms with Gasteiger partial charge in [-0.3, -0.25) is 0 Å². The lowest BCUT2D eigenvalue weighted by Gasteiger charge is -2.11. The average Bonchev–Trinajstić information content (AvgIpc) is 2.23. The van der Waals surface area contributed by atoms with Gasteiger partial charge in [0.1, 0.15) is 0 Å². The molecule has 0 aliphatic carbocycles. The summed E-state index contributed by atoms with van der Waals surface area (Å²) in [7, 11) is 10.5. The maximum Gasteiger partial charge on any atom is 0.200 e. The van der Waals surface area contributed by atoms with Crippen LogP contribution in [0.5, 0.6) is 0 Å². The summed E-state index contributed by atoms with van der Waals surface area (Å²) in [5, 5.41) is 0. The van der Waals surface area contributed by atoms with Crippen molar-refractivity contribution in [2.75, 3.05) is 0 Å². The van der Waals surface area contributed by atoms with Gasteiger partial charge in [0.25, 0.3) is 0 Å². The Morgan fingerprint density at radius 2 is 1.13 bits per heavy atom. The number of hydrogen-bond donors (Lipinski definition) is 0. The summed E-state index contributed by atoms with van der Waals surface area (Å²) in [6, 6.07) is 0. The van der Waals surface area contributed by atoms with E-state index in [1.54, 1.807) is 0 Å². The fraction of sp³-hybridized carbons (Fsp3) is 0. The first-order valence-corrected chi connectivity index (χ1v) is 3.73. The van der Waals surface area contributed by atoms with E-state index >= 15 is 0 Å². The lowest BCUT2D eigenvalue weighted by atomic mass is 9.03. The number of rotatable bonds is 2. The summed E-state index contributed by atoms with van der Waals surface area (Å²) >= 11 is 0. The van der Waals surface area contributed by atoms with Gasteiger partial charge >= 0.3 is 0 Å². The minimum Gasteiger partial charge on any atom is -0.204 e. The Morgan fingerprint density at radius 3 is 1.47 bits per heavy atom. The van der Waals surface area contributed by atoms with E-state index in [0.717, 1.165) is 0 Å². The highest BCUT2D eigenvalue weighted by Crippen LogP contribution is 2.16. The summed E-state index contributed by atoms with van der Waals surface area (Å²) in [5.41, 5.74) is -1.14. The molecule has 0 aromatic heterocycles. The Morgan fingerprint density at radius 1 is 0.800 bits per heavy atom. The summed E-state index contributed by atoms with van der Waals surface area (Å²) < 4.78 is 63.7. The number of halogens is 5. The fourth-order valence-corrected chi connectivity index (χ4v) is 1.01. The van der Waals surface area contributed by atoms with Crippen LogP contribution in [0.3, 0.4) is 0 Å². The molecule has 0 N–H and O–H groups in total. The first-order chi connectivity index (χ1) is 6.91. The van der Waals surface area contributed by atoms with E-state index in [1.165, 1.54) is 0 Å². The first-order valence-electron chi connectivity index (χ1n) is 3.73. The normalized spacial score (nSPS) is 10.2. The summed E-state index contributed by atoms with van der Waals surface area (Å²) in [6.07, 6.45) is 0. The lowest BCUT2D eigenvalue weighted by molar-refractivity contribution is 0.384. The van der Waals surface area contributed by atoms with Crippen molar-refractivity contribution in [3.05, 3.63) is 29.1 Å². The minimum absolute atomic E-state index is 0.623. The summed E-state index contributed by atoms with van der Waals surface area (Å²) in [6.45, 7) is -1.56. The van der Waals surface area contributed by atoms with Crippen LogP contribution < -0.4 is 5.46 Å². The molecule has 0 saturated heterocycles. The zero-order valence-electron chi connectivity index (χ0n) is 7.20. The molecular weight excluding hydrogens is 210 g/mol. The van der Waals surface area contributed by atoms with Crippen molar-refractivity contribution in [3.63, 3.8) is 0 Å². The predicted octanol–water partition coefficient (Wildman–Crippen LogP) is 0.0335. The van der Waals surface area contributed by atoms with Crippen molar-refractivity contribution in [1.29, 1.82) is 0 Å². The largest absolute Gasteiger partial charge is 0.204 e. The van der Waals surface area contributed by atoms with Crippen molar-refractivity contribution < 1.29 is 22.0 Å². The van der Waals surface area contributed by atoms with Crippen molar-refractivity contribution in [3.8, 4) is 0 Å². The van der Waals surface area contributed by atoms with E-state index in [2.05, 4.69) is 0 Å². The third-order valence-electron chi connectivity index (χ3n) is 1.78. The van der Waals surface area contributed by atoms with Gasteiger partial charge in [-0.2, -0.15) is 0 Å². The molecule has 1 aromatic rings. The van der Waals surface area contributed by atoms with Crippen molar-refractivity contribution in [2.24, 2.45) is 0 Å². The Kier molecular flexibility index (Phi) is 3.52. The van der Waals surface area contributed by atoms with Gasteiger partial charge in [0, 0.05) is 22.5 Å². The van der Waals surface area contributed by atoms with Gasteiger partial charge in [-0.25, -0.2) is 22.0 Å². The van der Waals surface area contributed by atoms with Gasteiger partial charge in [0.05, 0.1) is 6.49 Å². The average molecular weight is 210 g/mol. The van der Waals surface area contributed by atoms with Crippen molar-refractivity contribution >= 4 is 34.5 Å². The first kappa shape index (κ1) is 12.2. The van der Waals surface area contributed by atoms with E-state index in [4.69, 9.17) is 15.5 Å². The highest BCUT2D eigenvalue weighted by atomic mass is 19.2. The molecule has 0 heterocycles. The quantitative estimate of drug-likeness (QED) is 0.280. The molecule has 0 amide bonds. The van der Waals surface area contributed by atoms with Crippen LogP contribution in [0.25, 0.3) is 0 Å². The van der Waals surface area contributed by atoms with Crippen LogP contribution in [-0.2, 0) is 0 Å². The molecule has 0 fully saturated rings. The third kappa shape index (κ3) is 1.92. The Balaban J connectivity index is 3.52. The molecule has 1 rings (SSSR count). The van der Waals surface area contributed by atoms with Crippen LogP contribution in [0.1, 0.15) is 0 Å². The highest BCUT2D eigenvalue weighted by molar-refractivity contribution is 7.50.